The van der Waals surface area contributed by atoms with Crippen LogP contribution in [0.4, 0.5) is 4.79 Å². The molecule has 3 aromatic rings. The number of carbonyl (C=O) groups excluding carboxylic acids is 3. The molecule has 2 aromatic carbocycles. The summed E-state index contributed by atoms with van der Waals surface area (Å²) in [5.41, 5.74) is 9.14. The molecule has 2 N–H and O–H groups in total. The number of carbonyl (C=O) groups is 3. The second kappa shape index (κ2) is 15.5. The average Bonchev–Trinajstić information content (AvgIpc) is 4.05. The van der Waals surface area contributed by atoms with Gasteiger partial charge in [-0.25, -0.2) is 4.79 Å². The van der Waals surface area contributed by atoms with Crippen molar-refractivity contribution in [3.63, 3.8) is 0 Å². The van der Waals surface area contributed by atoms with Crippen molar-refractivity contribution in [1.29, 1.82) is 0 Å². The highest BCUT2D eigenvalue weighted by Crippen LogP contribution is 2.54. The number of rotatable bonds is 11. The fraction of sp³-hybridized carbons (Fsp3) is 0.432. The highest BCUT2D eigenvalue weighted by Gasteiger charge is 2.52. The Morgan fingerprint density at radius 3 is 2.11 bits per heavy atom. The predicted octanol–water partition coefficient (Wildman–Crippen LogP) is 8.14. The zero-order chi connectivity index (χ0) is 37.3. The van der Waals surface area contributed by atoms with Crippen molar-refractivity contribution in [3.05, 3.63) is 94.4 Å². The van der Waals surface area contributed by atoms with Crippen LogP contribution in [-0.2, 0) is 20.9 Å². The number of aliphatic imine (C=N–C) groups is 2. The molecule has 2 bridgehead atoms. The number of methoxy groups -OCH3 is 1. The highest BCUT2D eigenvalue weighted by molar-refractivity contribution is 7.09. The van der Waals surface area contributed by atoms with Crippen LogP contribution in [0.2, 0.25) is 0 Å². The van der Waals surface area contributed by atoms with Crippen LogP contribution >= 0.6 is 11.3 Å². The second-order valence-electron chi connectivity index (χ2n) is 15.8. The molecule has 1 saturated heterocycles. The summed E-state index contributed by atoms with van der Waals surface area (Å²) in [6.45, 7) is 5.12. The Hall–Kier alpha value is -4.83. The van der Waals surface area contributed by atoms with E-state index in [1.165, 1.54) is 35.3 Å². The number of fused-ring (bicyclic) bond motifs is 2. The van der Waals surface area contributed by atoms with E-state index in [0.717, 1.165) is 60.1 Å². The number of hydrogen-bond acceptors (Lipinski definition) is 7. The van der Waals surface area contributed by atoms with Crippen LogP contribution in [-0.4, -0.2) is 60.0 Å². The predicted molar refractivity (Wildman–Crippen MR) is 215 cm³/mol. The fourth-order valence-electron chi connectivity index (χ4n) is 9.52. The van der Waals surface area contributed by atoms with E-state index in [2.05, 4.69) is 70.6 Å². The van der Waals surface area contributed by atoms with E-state index >= 15 is 0 Å². The quantitative estimate of drug-likeness (QED) is 0.207. The van der Waals surface area contributed by atoms with Crippen molar-refractivity contribution in [2.45, 2.75) is 77.4 Å². The number of nitrogens with zero attached hydrogens (tertiary/aromatic N) is 3. The molecule has 3 aliphatic heterocycles. The Bertz CT molecular complexity index is 2010. The third-order valence-corrected chi connectivity index (χ3v) is 13.2. The fourth-order valence-corrected chi connectivity index (χ4v) is 10.2. The molecule has 4 heterocycles. The summed E-state index contributed by atoms with van der Waals surface area (Å²) < 4.78 is 4.78. The first-order valence-electron chi connectivity index (χ1n) is 19.4. The molecule has 2 saturated carbocycles. The molecule has 0 spiro atoms. The van der Waals surface area contributed by atoms with Crippen LogP contribution in [0.5, 0.6) is 0 Å². The van der Waals surface area contributed by atoms with Crippen LogP contribution in [0, 0.1) is 29.6 Å². The topological polar surface area (TPSA) is 112 Å². The maximum Gasteiger partial charge on any atom is 0.407 e. The van der Waals surface area contributed by atoms with Gasteiger partial charge in [-0.1, -0.05) is 68.4 Å². The largest absolute Gasteiger partial charge is 0.453 e. The van der Waals surface area contributed by atoms with Crippen molar-refractivity contribution in [3.8, 4) is 11.1 Å². The summed E-state index contributed by atoms with van der Waals surface area (Å²) in [5, 5.41) is 8.03. The zero-order valence-corrected chi connectivity index (χ0v) is 32.1. The summed E-state index contributed by atoms with van der Waals surface area (Å²) in [6, 6.07) is 20.8. The Balaban J connectivity index is 0.864. The normalized spacial score (nSPS) is 25.0. The minimum atomic E-state index is -0.643. The zero-order valence-electron chi connectivity index (χ0n) is 31.3. The Morgan fingerprint density at radius 2 is 1.48 bits per heavy atom. The first-order valence-corrected chi connectivity index (χ1v) is 20.3. The summed E-state index contributed by atoms with van der Waals surface area (Å²) in [6.07, 6.45) is 10.1. The number of thiophene rings is 1. The van der Waals surface area contributed by atoms with Crippen molar-refractivity contribution in [1.82, 2.24) is 15.5 Å². The molecule has 1 aromatic heterocycles. The smallest absolute Gasteiger partial charge is 0.407 e. The Labute approximate surface area is 321 Å². The molecule has 0 radical (unpaired) electrons. The first-order chi connectivity index (χ1) is 26.3. The minimum Gasteiger partial charge on any atom is -0.453 e. The van der Waals surface area contributed by atoms with Gasteiger partial charge in [0.15, 0.2) is 0 Å². The molecular formula is C44H49N5O4S. The van der Waals surface area contributed by atoms with Gasteiger partial charge in [0, 0.05) is 59.9 Å². The molecule has 9 nitrogen and oxygen atoms in total. The molecule has 8 rings (SSSR count). The van der Waals surface area contributed by atoms with E-state index in [9.17, 15) is 14.4 Å². The maximum absolute atomic E-state index is 13.6. The van der Waals surface area contributed by atoms with E-state index < -0.39 is 12.1 Å². The maximum atomic E-state index is 13.6. The lowest BCUT2D eigenvalue weighted by molar-refractivity contribution is -0.134. The second-order valence-corrected chi connectivity index (χ2v) is 16.8. The third kappa shape index (κ3) is 7.20. The lowest BCUT2D eigenvalue weighted by Gasteiger charge is -2.31. The van der Waals surface area contributed by atoms with Gasteiger partial charge in [-0.15, -0.1) is 11.3 Å². The van der Waals surface area contributed by atoms with E-state index in [-0.39, 0.29) is 35.6 Å². The third-order valence-electron chi connectivity index (χ3n) is 12.3. The van der Waals surface area contributed by atoms with Crippen molar-refractivity contribution in [2.75, 3.05) is 13.7 Å². The molecule has 3 fully saturated rings. The van der Waals surface area contributed by atoms with E-state index in [1.54, 1.807) is 11.3 Å². The number of alkyl carbamates (subject to hydrolysis) is 1. The van der Waals surface area contributed by atoms with Crippen molar-refractivity contribution in [2.24, 2.45) is 39.6 Å². The van der Waals surface area contributed by atoms with Crippen LogP contribution < -0.4 is 10.6 Å². The first kappa shape index (κ1) is 36.2. The molecule has 280 valence electrons. The van der Waals surface area contributed by atoms with Gasteiger partial charge in [0.25, 0.3) is 0 Å². The molecule has 10 heteroatoms. The Kier molecular flexibility index (Phi) is 10.4. The van der Waals surface area contributed by atoms with E-state index in [1.807, 2.05) is 37.2 Å². The van der Waals surface area contributed by atoms with Gasteiger partial charge in [0.2, 0.25) is 11.8 Å². The van der Waals surface area contributed by atoms with Gasteiger partial charge in [0.1, 0.15) is 6.04 Å². The summed E-state index contributed by atoms with van der Waals surface area (Å²) in [7, 11) is 1.31. The van der Waals surface area contributed by atoms with Gasteiger partial charge in [-0.05, 0) is 94.7 Å². The summed E-state index contributed by atoms with van der Waals surface area (Å²) in [4.78, 5) is 51.8. The minimum absolute atomic E-state index is 0.0274. The van der Waals surface area contributed by atoms with Crippen molar-refractivity contribution < 1.29 is 19.1 Å². The number of amides is 3. The van der Waals surface area contributed by atoms with Crippen LogP contribution in [0.3, 0.4) is 0 Å². The number of benzene rings is 2. The van der Waals surface area contributed by atoms with Gasteiger partial charge in [0.05, 0.1) is 19.7 Å². The average molecular weight is 744 g/mol. The van der Waals surface area contributed by atoms with Crippen LogP contribution in [0.1, 0.15) is 74.8 Å². The lowest BCUT2D eigenvalue weighted by Crippen LogP contribution is -2.53. The molecule has 3 amide bonds. The van der Waals surface area contributed by atoms with Gasteiger partial charge in [-0.3, -0.25) is 19.6 Å². The molecule has 6 atom stereocenters. The SMILES string of the molecule is COC(=O)N[C@H](C(=O)N1CCC[C@H]1C1=NC=C(c2ccc(-c3ccc(C4=CN=C(C5C6CCC(C6)[C@H]5C(=O)NCc5cccs5)C4)cc3)cc2)C1)C(C)C. The number of nitrogens with one attached hydrogen (secondary N) is 2. The van der Waals surface area contributed by atoms with Gasteiger partial charge in [-0.2, -0.15) is 0 Å². The monoisotopic (exact) mass is 743 g/mol. The highest BCUT2D eigenvalue weighted by atomic mass is 32.1. The molecule has 3 unspecified atom stereocenters. The molecule has 5 aliphatic rings. The van der Waals surface area contributed by atoms with Gasteiger partial charge < -0.3 is 20.3 Å². The summed E-state index contributed by atoms with van der Waals surface area (Å²) in [5.74, 6) is 1.34. The molecular weight excluding hydrogens is 695 g/mol. The number of likely N-dealkylation sites (tertiary alicyclic amines) is 1. The molecule has 54 heavy (non-hydrogen) atoms. The lowest BCUT2D eigenvalue weighted by atomic mass is 9.75. The van der Waals surface area contributed by atoms with Gasteiger partial charge >= 0.3 is 6.09 Å². The van der Waals surface area contributed by atoms with E-state index in [4.69, 9.17) is 14.7 Å². The summed E-state index contributed by atoms with van der Waals surface area (Å²) >= 11 is 1.69. The van der Waals surface area contributed by atoms with Crippen molar-refractivity contribution >= 4 is 51.8 Å². The van der Waals surface area contributed by atoms with Crippen LogP contribution in [0.15, 0.2) is 88.4 Å². The number of ether oxygens (including phenoxy) is 1. The molecule has 2 aliphatic carbocycles. The number of hydrogen-bond donors (Lipinski definition) is 2. The van der Waals surface area contributed by atoms with E-state index in [0.29, 0.717) is 31.3 Å². The number of allylic oxidation sites excluding steroid dienone is 2. The standard InChI is InChI=1S/C44H49N5O4S/c1-26(2)41(48-44(52)53-3)43(51)49-18-4-7-38(49)36-21-33(23-45-36)29-12-8-27(9-13-29)28-10-14-30(15-11-28)34-22-37(46-24-34)39-31-16-17-32(20-31)40(39)42(50)47-25-35-6-5-19-54-35/h5-6,8-15,19,23-24,26,31-32,38-41H,4,7,16-18,20-22,25H2,1-3H3,(H,47,50)(H,48,52)/t31?,32?,38-,39?,40+,41-/m0/s1. The Morgan fingerprint density at radius 1 is 0.852 bits per heavy atom. The van der Waals surface area contributed by atoms with Crippen LogP contribution in [0.25, 0.3) is 22.3 Å².